The average Bonchev–Trinajstić information content (AvgIpc) is 2.12. The molecule has 0 saturated heterocycles. The molecule has 3 nitrogen and oxygen atoms in total. The summed E-state index contributed by atoms with van der Waals surface area (Å²) in [6.07, 6.45) is 4.64. The van der Waals surface area contributed by atoms with E-state index in [1.165, 1.54) is 11.4 Å². The largest absolute Gasteiger partial charge is 0.330 e. The molecule has 0 bridgehead atoms. The van der Waals surface area contributed by atoms with Crippen LogP contribution in [0.25, 0.3) is 0 Å². The molecule has 0 fully saturated rings. The van der Waals surface area contributed by atoms with Gasteiger partial charge in [-0.3, -0.25) is 4.99 Å². The predicted molar refractivity (Wildman–Crippen MR) is 61.6 cm³/mol. The van der Waals surface area contributed by atoms with Crippen molar-refractivity contribution in [3.63, 3.8) is 0 Å². The summed E-state index contributed by atoms with van der Waals surface area (Å²) in [5.41, 5.74) is -1.87. The van der Waals surface area contributed by atoms with Gasteiger partial charge in [0.05, 0.1) is 6.34 Å². The lowest BCUT2D eigenvalue weighted by molar-refractivity contribution is 0.468. The van der Waals surface area contributed by atoms with Gasteiger partial charge in [0.15, 0.2) is 0 Å². The molecular weight excluding hydrogens is 211 g/mol. The fourth-order valence-electron chi connectivity index (χ4n) is 0.485. The van der Waals surface area contributed by atoms with E-state index in [9.17, 15) is 0 Å². The predicted octanol–water partition coefficient (Wildman–Crippen LogP) is 2.25. The van der Waals surface area contributed by atoms with Crippen LogP contribution in [0, 0.1) is 0 Å². The Morgan fingerprint density at radius 1 is 1.75 bits per heavy atom. The lowest BCUT2D eigenvalue weighted by atomic mass is 10.5. The lowest BCUT2D eigenvalue weighted by Crippen LogP contribution is -2.06. The SMILES string of the molecule is CCC/N=C/NP(=S)(OC)SC. The minimum absolute atomic E-state index is 0.834. The van der Waals surface area contributed by atoms with Gasteiger partial charge in [-0.05, 0) is 24.5 Å². The highest BCUT2D eigenvalue weighted by Gasteiger charge is 2.10. The molecule has 0 heterocycles. The van der Waals surface area contributed by atoms with Gasteiger partial charge in [0.1, 0.15) is 0 Å². The van der Waals surface area contributed by atoms with Crippen molar-refractivity contribution in [2.24, 2.45) is 4.99 Å². The lowest BCUT2D eigenvalue weighted by Gasteiger charge is -2.15. The molecular formula is C6H15N2OPS2. The van der Waals surface area contributed by atoms with Crippen LogP contribution in [-0.4, -0.2) is 26.2 Å². The van der Waals surface area contributed by atoms with Gasteiger partial charge in [-0.15, -0.1) is 0 Å². The third-order valence-electron chi connectivity index (χ3n) is 1.14. The smallest absolute Gasteiger partial charge is 0.210 e. The van der Waals surface area contributed by atoms with Gasteiger partial charge in [0.2, 0.25) is 5.62 Å². The summed E-state index contributed by atoms with van der Waals surface area (Å²) < 4.78 is 5.15. The maximum Gasteiger partial charge on any atom is 0.210 e. The molecule has 0 aliphatic rings. The zero-order valence-electron chi connectivity index (χ0n) is 7.61. The van der Waals surface area contributed by atoms with Gasteiger partial charge in [-0.2, -0.15) is 0 Å². The first-order chi connectivity index (χ1) is 5.68. The van der Waals surface area contributed by atoms with Crippen LogP contribution in [0.3, 0.4) is 0 Å². The summed E-state index contributed by atoms with van der Waals surface area (Å²) in [7, 11) is 1.62. The van der Waals surface area contributed by atoms with Crippen LogP contribution in [0.2, 0.25) is 0 Å². The van der Waals surface area contributed by atoms with Crippen molar-refractivity contribution in [3.05, 3.63) is 0 Å². The van der Waals surface area contributed by atoms with Gasteiger partial charge < -0.3 is 9.61 Å². The van der Waals surface area contributed by atoms with E-state index in [4.69, 9.17) is 16.3 Å². The highest BCUT2D eigenvalue weighted by molar-refractivity contribution is 8.68. The van der Waals surface area contributed by atoms with E-state index < -0.39 is 5.62 Å². The topological polar surface area (TPSA) is 33.6 Å². The molecule has 12 heavy (non-hydrogen) atoms. The number of nitrogens with one attached hydrogen (secondary N) is 1. The number of hydrogen-bond acceptors (Lipinski definition) is 4. The van der Waals surface area contributed by atoms with E-state index in [1.54, 1.807) is 13.4 Å². The van der Waals surface area contributed by atoms with Gasteiger partial charge in [-0.1, -0.05) is 18.3 Å². The Morgan fingerprint density at radius 2 is 2.42 bits per heavy atom. The molecule has 1 atom stereocenters. The maximum atomic E-state index is 5.20. The molecule has 0 aromatic carbocycles. The van der Waals surface area contributed by atoms with Crippen molar-refractivity contribution in [2.45, 2.75) is 13.3 Å². The number of aliphatic imine (C=N–C) groups is 1. The van der Waals surface area contributed by atoms with Crippen molar-refractivity contribution < 1.29 is 4.52 Å². The van der Waals surface area contributed by atoms with Crippen LogP contribution in [-0.2, 0) is 16.3 Å². The molecule has 0 aliphatic heterocycles. The summed E-state index contributed by atoms with van der Waals surface area (Å²) in [6, 6.07) is 0. The van der Waals surface area contributed by atoms with E-state index in [-0.39, 0.29) is 0 Å². The van der Waals surface area contributed by atoms with Crippen LogP contribution in [0.5, 0.6) is 0 Å². The molecule has 0 radical (unpaired) electrons. The molecule has 0 rings (SSSR count). The fourth-order valence-corrected chi connectivity index (χ4v) is 2.11. The summed E-state index contributed by atoms with van der Waals surface area (Å²) in [6.45, 7) is 2.92. The minimum atomic E-state index is -1.87. The van der Waals surface area contributed by atoms with Crippen molar-refractivity contribution in [3.8, 4) is 0 Å². The molecule has 1 N–H and O–H groups in total. The second-order valence-corrected chi connectivity index (χ2v) is 8.88. The Balaban J connectivity index is 3.80. The second-order valence-electron chi connectivity index (χ2n) is 2.03. The molecule has 0 aliphatic carbocycles. The summed E-state index contributed by atoms with van der Waals surface area (Å²) in [5.74, 6) is 0. The quantitative estimate of drug-likeness (QED) is 0.428. The Labute approximate surface area is 83.3 Å². The van der Waals surface area contributed by atoms with E-state index in [1.807, 2.05) is 6.26 Å². The Bertz CT molecular complexity index is 178. The second kappa shape index (κ2) is 6.89. The Morgan fingerprint density at radius 3 is 2.83 bits per heavy atom. The maximum absolute atomic E-state index is 5.20. The average molecular weight is 226 g/mol. The Hall–Kier alpha value is 0.430. The van der Waals surface area contributed by atoms with Crippen LogP contribution < -0.4 is 5.09 Å². The minimum Gasteiger partial charge on any atom is -0.330 e. The van der Waals surface area contributed by atoms with Gasteiger partial charge in [0, 0.05) is 13.7 Å². The molecule has 6 heteroatoms. The molecule has 0 aromatic heterocycles. The molecule has 0 aromatic rings. The zero-order valence-corrected chi connectivity index (χ0v) is 10.1. The van der Waals surface area contributed by atoms with Crippen molar-refractivity contribution in [2.75, 3.05) is 19.9 Å². The number of rotatable bonds is 6. The van der Waals surface area contributed by atoms with Gasteiger partial charge in [-0.25, -0.2) is 0 Å². The molecule has 72 valence electrons. The van der Waals surface area contributed by atoms with E-state index in [0.29, 0.717) is 0 Å². The summed E-state index contributed by atoms with van der Waals surface area (Å²) in [4.78, 5) is 4.10. The molecule has 0 spiro atoms. The molecule has 1 unspecified atom stereocenters. The highest BCUT2D eigenvalue weighted by atomic mass is 32.9. The zero-order chi connectivity index (χ0) is 9.45. The van der Waals surface area contributed by atoms with Crippen molar-refractivity contribution in [1.29, 1.82) is 0 Å². The third-order valence-corrected chi connectivity index (χ3v) is 6.84. The van der Waals surface area contributed by atoms with E-state index in [0.717, 1.165) is 13.0 Å². The van der Waals surface area contributed by atoms with Gasteiger partial charge >= 0.3 is 0 Å². The monoisotopic (exact) mass is 226 g/mol. The number of nitrogens with zero attached hydrogens (tertiary/aromatic N) is 1. The molecule has 0 amide bonds. The van der Waals surface area contributed by atoms with E-state index >= 15 is 0 Å². The standard InChI is InChI=1S/C6H15N2OPS2/c1-4-5-7-6-8-10(11,9-2)12-3/h6H,4-5H2,1-3H3,(H,7,8,11). The van der Waals surface area contributed by atoms with Gasteiger partial charge in [0.25, 0.3) is 0 Å². The van der Waals surface area contributed by atoms with Crippen LogP contribution in [0.15, 0.2) is 4.99 Å². The fraction of sp³-hybridized carbons (Fsp3) is 0.833. The van der Waals surface area contributed by atoms with Crippen LogP contribution in [0.4, 0.5) is 0 Å². The van der Waals surface area contributed by atoms with Crippen LogP contribution >= 0.6 is 17.0 Å². The number of hydrogen-bond donors (Lipinski definition) is 1. The summed E-state index contributed by atoms with van der Waals surface area (Å²) >= 11 is 6.74. The van der Waals surface area contributed by atoms with Crippen molar-refractivity contribution >= 4 is 35.1 Å². The first-order valence-electron chi connectivity index (χ1n) is 3.66. The first-order valence-corrected chi connectivity index (χ1v) is 8.21. The normalized spacial score (nSPS) is 16.2. The van der Waals surface area contributed by atoms with Crippen LogP contribution in [0.1, 0.15) is 13.3 Å². The third kappa shape index (κ3) is 5.14. The first kappa shape index (κ1) is 12.4. The summed E-state index contributed by atoms with van der Waals surface area (Å²) in [5, 5.41) is 3.01. The van der Waals surface area contributed by atoms with E-state index in [2.05, 4.69) is 17.0 Å². The highest BCUT2D eigenvalue weighted by Crippen LogP contribution is 2.53. The molecule has 0 saturated carbocycles. The van der Waals surface area contributed by atoms with Crippen molar-refractivity contribution in [1.82, 2.24) is 5.09 Å². The Kier molecular flexibility index (Phi) is 7.14.